The molecule has 0 aliphatic rings. The van der Waals surface area contributed by atoms with Gasteiger partial charge in [-0.3, -0.25) is 4.79 Å². The Morgan fingerprint density at radius 2 is 1.75 bits per heavy atom. The fourth-order valence-corrected chi connectivity index (χ4v) is 1.69. The van der Waals surface area contributed by atoms with Gasteiger partial charge in [-0.1, -0.05) is 18.2 Å². The monoisotopic (exact) mass is 282 g/mol. The summed E-state index contributed by atoms with van der Waals surface area (Å²) >= 11 is 0. The van der Waals surface area contributed by atoms with Crippen LogP contribution in [0, 0.1) is 0 Å². The van der Waals surface area contributed by atoms with Crippen molar-refractivity contribution in [2.75, 3.05) is 6.61 Å². The van der Waals surface area contributed by atoms with Gasteiger partial charge in [-0.25, -0.2) is 0 Å². The van der Waals surface area contributed by atoms with E-state index in [4.69, 9.17) is 4.74 Å². The van der Waals surface area contributed by atoms with E-state index in [9.17, 15) is 17.7 Å². The maximum absolute atomic E-state index is 12.4. The van der Waals surface area contributed by atoms with Crippen LogP contribution in [0.25, 0.3) is 0 Å². The number of aromatic nitrogens is 1. The van der Waals surface area contributed by atoms with Gasteiger partial charge in [-0.2, -0.15) is 0 Å². The van der Waals surface area contributed by atoms with Crippen LogP contribution in [0.3, 0.4) is 0 Å². The molecule has 2 aromatic rings. The third kappa shape index (κ3) is 3.66. The molecule has 3 nitrogen and oxygen atoms in total. The van der Waals surface area contributed by atoms with Crippen LogP contribution < -0.4 is 15.8 Å². The lowest BCUT2D eigenvalue weighted by Gasteiger charge is -2.15. The van der Waals surface area contributed by atoms with Crippen LogP contribution in [0.15, 0.2) is 53.5 Å². The first-order chi connectivity index (χ1) is 9.47. The highest BCUT2D eigenvalue weighted by molar-refractivity contribution is 6.73. The van der Waals surface area contributed by atoms with Crippen LogP contribution >= 0.6 is 0 Å². The Morgan fingerprint density at radius 1 is 1.05 bits per heavy atom. The van der Waals surface area contributed by atoms with E-state index >= 15 is 0 Å². The molecular formula is C13H12BF3NO2-. The molecule has 106 valence electrons. The second-order valence-electron chi connectivity index (χ2n) is 4.22. The number of hydrogen-bond donors (Lipinski definition) is 0. The first kappa shape index (κ1) is 14.2. The van der Waals surface area contributed by atoms with Gasteiger partial charge in [0.15, 0.2) is 0 Å². The van der Waals surface area contributed by atoms with Crippen molar-refractivity contribution in [2.45, 2.75) is 6.54 Å². The molecule has 0 unspecified atom stereocenters. The molecule has 0 aliphatic heterocycles. The molecule has 1 heterocycles. The molecule has 0 bridgehead atoms. The van der Waals surface area contributed by atoms with Crippen LogP contribution in [0.5, 0.6) is 5.75 Å². The quantitative estimate of drug-likeness (QED) is 0.785. The van der Waals surface area contributed by atoms with E-state index < -0.39 is 12.4 Å². The highest BCUT2D eigenvalue weighted by atomic mass is 19.4. The molecular weight excluding hydrogens is 270 g/mol. The molecule has 0 amide bonds. The molecule has 0 N–H and O–H groups in total. The van der Waals surface area contributed by atoms with E-state index in [1.807, 2.05) is 0 Å². The van der Waals surface area contributed by atoms with E-state index in [0.717, 1.165) is 12.1 Å². The molecule has 1 aromatic heterocycles. The minimum absolute atomic E-state index is 0.147. The summed E-state index contributed by atoms with van der Waals surface area (Å²) < 4.78 is 44.0. The zero-order chi connectivity index (χ0) is 14.6. The molecule has 1 aromatic carbocycles. The molecule has 0 saturated carbocycles. The summed E-state index contributed by atoms with van der Waals surface area (Å²) in [7, 11) is 0. The topological polar surface area (TPSA) is 31.2 Å². The summed E-state index contributed by atoms with van der Waals surface area (Å²) in [6.07, 6.45) is 1.63. The van der Waals surface area contributed by atoms with E-state index in [1.165, 1.54) is 22.8 Å². The molecule has 0 saturated heterocycles. The Balaban J connectivity index is 1.92. The van der Waals surface area contributed by atoms with Crippen molar-refractivity contribution in [2.24, 2.45) is 0 Å². The predicted octanol–water partition coefficient (Wildman–Crippen LogP) is 1.98. The molecule has 0 atom stereocenters. The van der Waals surface area contributed by atoms with E-state index in [0.29, 0.717) is 12.3 Å². The Kier molecular flexibility index (Phi) is 4.17. The standard InChI is InChI=1S/C13H12BF3NO2/c15-14(16,17)11-4-6-12(7-5-11)20-10-9-18-8-2-1-3-13(18)19/h1-8H,9-10H2/q-1. The summed E-state index contributed by atoms with van der Waals surface area (Å²) in [6, 6.07) is 9.32. The van der Waals surface area contributed by atoms with Gasteiger partial charge in [0, 0.05) is 12.3 Å². The van der Waals surface area contributed by atoms with Crippen molar-refractivity contribution in [1.82, 2.24) is 4.57 Å². The van der Waals surface area contributed by atoms with Crippen molar-refractivity contribution >= 4 is 12.4 Å². The fraction of sp³-hybridized carbons (Fsp3) is 0.154. The molecule has 0 spiro atoms. The fourth-order valence-electron chi connectivity index (χ4n) is 1.69. The Morgan fingerprint density at radius 3 is 2.35 bits per heavy atom. The average molecular weight is 282 g/mol. The van der Waals surface area contributed by atoms with Gasteiger partial charge in [0.05, 0.1) is 6.54 Å². The van der Waals surface area contributed by atoms with Crippen molar-refractivity contribution in [3.8, 4) is 5.75 Å². The largest absolute Gasteiger partial charge is 0.509 e. The maximum Gasteiger partial charge on any atom is 0.509 e. The SMILES string of the molecule is O=c1ccccn1CCOc1ccc([B-](F)(F)F)cc1. The van der Waals surface area contributed by atoms with Crippen molar-refractivity contribution in [3.63, 3.8) is 0 Å². The lowest BCUT2D eigenvalue weighted by molar-refractivity contribution is 0.296. The van der Waals surface area contributed by atoms with E-state index in [-0.39, 0.29) is 12.2 Å². The summed E-state index contributed by atoms with van der Waals surface area (Å²) in [5.41, 5.74) is -0.803. The van der Waals surface area contributed by atoms with Gasteiger partial charge in [0.25, 0.3) is 5.56 Å². The smallest absolute Gasteiger partial charge is 0.492 e. The van der Waals surface area contributed by atoms with Gasteiger partial charge >= 0.3 is 6.98 Å². The highest BCUT2D eigenvalue weighted by Gasteiger charge is 2.24. The molecule has 0 aliphatic carbocycles. The minimum atomic E-state index is -4.98. The van der Waals surface area contributed by atoms with Crippen LogP contribution in [0.1, 0.15) is 0 Å². The number of nitrogens with zero attached hydrogens (tertiary/aromatic N) is 1. The summed E-state index contributed by atoms with van der Waals surface area (Å²) in [4.78, 5) is 11.4. The van der Waals surface area contributed by atoms with Crippen molar-refractivity contribution in [1.29, 1.82) is 0 Å². The zero-order valence-electron chi connectivity index (χ0n) is 10.5. The normalized spacial score (nSPS) is 11.3. The van der Waals surface area contributed by atoms with Crippen LogP contribution in [0.2, 0.25) is 0 Å². The molecule has 20 heavy (non-hydrogen) atoms. The van der Waals surface area contributed by atoms with E-state index in [1.54, 1.807) is 18.3 Å². The van der Waals surface area contributed by atoms with Gasteiger partial charge in [-0.05, 0) is 18.2 Å². The molecule has 7 heteroatoms. The van der Waals surface area contributed by atoms with Gasteiger partial charge in [0.1, 0.15) is 12.4 Å². The number of rotatable bonds is 5. The van der Waals surface area contributed by atoms with Gasteiger partial charge in [0.2, 0.25) is 0 Å². The average Bonchev–Trinajstić information content (AvgIpc) is 2.40. The van der Waals surface area contributed by atoms with Gasteiger partial charge < -0.3 is 22.3 Å². The van der Waals surface area contributed by atoms with Crippen LogP contribution in [-0.2, 0) is 6.54 Å². The number of pyridine rings is 1. The lowest BCUT2D eigenvalue weighted by atomic mass is 9.80. The Bertz CT molecular complexity index is 623. The summed E-state index contributed by atoms with van der Waals surface area (Å²) in [6.45, 7) is -4.43. The molecule has 2 rings (SSSR count). The van der Waals surface area contributed by atoms with E-state index in [2.05, 4.69) is 0 Å². The molecule has 0 radical (unpaired) electrons. The summed E-state index contributed by atoms with van der Waals surface area (Å²) in [5.74, 6) is 0.345. The predicted molar refractivity (Wildman–Crippen MR) is 71.4 cm³/mol. The number of benzene rings is 1. The second-order valence-corrected chi connectivity index (χ2v) is 4.22. The highest BCUT2D eigenvalue weighted by Crippen LogP contribution is 2.13. The lowest BCUT2D eigenvalue weighted by Crippen LogP contribution is -2.33. The van der Waals surface area contributed by atoms with Crippen LogP contribution in [0.4, 0.5) is 12.9 Å². The maximum atomic E-state index is 12.4. The summed E-state index contributed by atoms with van der Waals surface area (Å²) in [5, 5.41) is 0. The third-order valence-corrected chi connectivity index (χ3v) is 2.76. The Labute approximate surface area is 113 Å². The van der Waals surface area contributed by atoms with Crippen molar-refractivity contribution < 1.29 is 17.7 Å². The first-order valence-corrected chi connectivity index (χ1v) is 6.05. The van der Waals surface area contributed by atoms with Crippen molar-refractivity contribution in [3.05, 3.63) is 59.0 Å². The van der Waals surface area contributed by atoms with Gasteiger partial charge in [-0.15, -0.1) is 5.46 Å². The number of ether oxygens (including phenoxy) is 1. The third-order valence-electron chi connectivity index (χ3n) is 2.76. The minimum Gasteiger partial charge on any atom is -0.492 e. The second kappa shape index (κ2) is 5.86. The van der Waals surface area contributed by atoms with Crippen LogP contribution in [-0.4, -0.2) is 18.2 Å². The zero-order valence-corrected chi connectivity index (χ0v) is 10.5. The number of halogens is 3. The first-order valence-electron chi connectivity index (χ1n) is 6.05. The molecule has 0 fully saturated rings. The Hall–Kier alpha value is -2.18. The number of hydrogen-bond acceptors (Lipinski definition) is 2.